The molecule has 0 aromatic heterocycles. The zero-order valence-corrected chi connectivity index (χ0v) is 24.6. The number of nitrogens with zero attached hydrogens (tertiary/aromatic N) is 2. The van der Waals surface area contributed by atoms with E-state index in [9.17, 15) is 29.9 Å². The summed E-state index contributed by atoms with van der Waals surface area (Å²) in [6.07, 6.45) is 2.99. The molecule has 43 heavy (non-hydrogen) atoms. The molecule has 0 bridgehead atoms. The van der Waals surface area contributed by atoms with Crippen LogP contribution in [-0.2, 0) is 14.3 Å². The van der Waals surface area contributed by atoms with Crippen LogP contribution >= 0.6 is 15.9 Å². The molecule has 3 aliphatic rings. The van der Waals surface area contributed by atoms with Crippen LogP contribution < -0.4 is 4.90 Å². The standard InChI is InChI=1S/C33H29BrN2O7/c34-23-10-11-28(38)21(14-23)13-20(19-5-2-1-3-6-19)9-12-29-30-22(17-37)15-26-31(27(30)18-43-29)33(40)35(32(26)39)24-7-4-8-25(16-24)36(41)42/h1-8,10-11,13-14,16,26-27,29,31,37-38H,9,12,15,17-18H2/b20-13-/t26-,27+,29-,31-/m1/s1. The minimum atomic E-state index is -0.663. The Hall–Kier alpha value is -4.12. The van der Waals surface area contributed by atoms with Crippen molar-refractivity contribution in [2.45, 2.75) is 25.4 Å². The van der Waals surface area contributed by atoms with Gasteiger partial charge in [-0.15, -0.1) is 0 Å². The van der Waals surface area contributed by atoms with E-state index >= 15 is 0 Å². The Morgan fingerprint density at radius 2 is 1.84 bits per heavy atom. The van der Waals surface area contributed by atoms with E-state index in [4.69, 9.17) is 4.74 Å². The number of phenolic OH excluding ortho intramolecular Hbond substituents is 1. The third kappa shape index (κ3) is 5.42. The number of nitro benzene ring substituents is 1. The Morgan fingerprint density at radius 3 is 2.58 bits per heavy atom. The van der Waals surface area contributed by atoms with Crippen molar-refractivity contribution in [2.24, 2.45) is 17.8 Å². The fourth-order valence-corrected chi connectivity index (χ4v) is 7.07. The lowest BCUT2D eigenvalue weighted by atomic mass is 9.69. The van der Waals surface area contributed by atoms with Crippen molar-refractivity contribution in [3.8, 4) is 5.75 Å². The second kappa shape index (κ2) is 11.9. The Bertz CT molecular complexity index is 1670. The number of amides is 2. The first-order valence-electron chi connectivity index (χ1n) is 14.1. The highest BCUT2D eigenvalue weighted by atomic mass is 79.9. The number of allylic oxidation sites excluding steroid dienone is 1. The molecule has 0 unspecified atom stereocenters. The van der Waals surface area contributed by atoms with E-state index in [-0.39, 0.29) is 48.8 Å². The van der Waals surface area contributed by atoms with Crippen LogP contribution in [0, 0.1) is 27.9 Å². The van der Waals surface area contributed by atoms with Gasteiger partial charge in [0.1, 0.15) is 5.75 Å². The maximum atomic E-state index is 13.7. The second-order valence-corrected chi connectivity index (χ2v) is 12.0. The molecule has 4 atom stereocenters. The number of anilines is 1. The highest BCUT2D eigenvalue weighted by molar-refractivity contribution is 9.10. The molecule has 0 saturated carbocycles. The van der Waals surface area contributed by atoms with Gasteiger partial charge in [-0.3, -0.25) is 19.7 Å². The average Bonchev–Trinajstić information content (AvgIpc) is 3.54. The van der Waals surface area contributed by atoms with Crippen molar-refractivity contribution in [2.75, 3.05) is 18.1 Å². The zero-order valence-electron chi connectivity index (χ0n) is 23.1. The van der Waals surface area contributed by atoms with E-state index in [1.807, 2.05) is 42.5 Å². The largest absolute Gasteiger partial charge is 0.507 e. The summed E-state index contributed by atoms with van der Waals surface area (Å²) in [5.74, 6) is -2.34. The molecule has 9 nitrogen and oxygen atoms in total. The summed E-state index contributed by atoms with van der Waals surface area (Å²) >= 11 is 3.47. The number of aliphatic hydroxyl groups excluding tert-OH is 1. The molecule has 2 heterocycles. The van der Waals surface area contributed by atoms with Gasteiger partial charge < -0.3 is 14.9 Å². The summed E-state index contributed by atoms with van der Waals surface area (Å²) in [5, 5.41) is 32.2. The molecular formula is C33H29BrN2O7. The van der Waals surface area contributed by atoms with Gasteiger partial charge in [0.25, 0.3) is 5.69 Å². The zero-order chi connectivity index (χ0) is 30.2. The number of phenols is 1. The molecular weight excluding hydrogens is 616 g/mol. The number of ether oxygens (including phenoxy) is 1. The van der Waals surface area contributed by atoms with Crippen LogP contribution in [0.4, 0.5) is 11.4 Å². The van der Waals surface area contributed by atoms with Gasteiger partial charge in [0.15, 0.2) is 0 Å². The average molecular weight is 646 g/mol. The normalized spacial score (nSPS) is 23.5. The number of nitro groups is 1. The number of hydrogen-bond donors (Lipinski definition) is 2. The summed E-state index contributed by atoms with van der Waals surface area (Å²) in [6, 6.07) is 20.7. The lowest BCUT2D eigenvalue weighted by Gasteiger charge is -2.31. The monoisotopic (exact) mass is 644 g/mol. The summed E-state index contributed by atoms with van der Waals surface area (Å²) in [6.45, 7) is -0.0102. The predicted molar refractivity (Wildman–Crippen MR) is 164 cm³/mol. The van der Waals surface area contributed by atoms with Crippen molar-refractivity contribution in [3.63, 3.8) is 0 Å². The lowest BCUT2D eigenvalue weighted by Crippen LogP contribution is -2.35. The fraction of sp³-hybridized carbons (Fsp3) is 0.273. The van der Waals surface area contributed by atoms with Gasteiger partial charge >= 0.3 is 0 Å². The molecule has 1 aliphatic carbocycles. The summed E-state index contributed by atoms with van der Waals surface area (Å²) in [7, 11) is 0. The fourth-order valence-electron chi connectivity index (χ4n) is 6.69. The van der Waals surface area contributed by atoms with Crippen molar-refractivity contribution in [1.29, 1.82) is 0 Å². The minimum Gasteiger partial charge on any atom is -0.507 e. The first kappa shape index (κ1) is 29.0. The van der Waals surface area contributed by atoms with Crippen LogP contribution in [0.5, 0.6) is 5.75 Å². The van der Waals surface area contributed by atoms with E-state index < -0.39 is 28.6 Å². The number of non-ortho nitro benzene ring substituents is 1. The van der Waals surface area contributed by atoms with Crippen molar-refractivity contribution in [3.05, 3.63) is 110 Å². The van der Waals surface area contributed by atoms with Crippen molar-refractivity contribution < 1.29 is 29.5 Å². The predicted octanol–water partition coefficient (Wildman–Crippen LogP) is 5.90. The molecule has 6 rings (SSSR count). The molecule has 3 aromatic carbocycles. The van der Waals surface area contributed by atoms with Crippen LogP contribution in [0.2, 0.25) is 0 Å². The van der Waals surface area contributed by atoms with Gasteiger partial charge in [-0.25, -0.2) is 4.90 Å². The molecule has 2 saturated heterocycles. The minimum absolute atomic E-state index is 0.162. The first-order valence-corrected chi connectivity index (χ1v) is 14.9. The Kier molecular flexibility index (Phi) is 8.00. The van der Waals surface area contributed by atoms with E-state index in [2.05, 4.69) is 15.9 Å². The summed E-state index contributed by atoms with van der Waals surface area (Å²) in [5.41, 5.74) is 4.23. The van der Waals surface area contributed by atoms with Gasteiger partial charge in [-0.1, -0.05) is 52.3 Å². The number of carbonyl (C=O) groups excluding carboxylic acids is 2. The number of benzene rings is 3. The van der Waals surface area contributed by atoms with Gasteiger partial charge in [0, 0.05) is 28.1 Å². The lowest BCUT2D eigenvalue weighted by molar-refractivity contribution is -0.384. The first-order chi connectivity index (χ1) is 20.8. The number of carbonyl (C=O) groups is 2. The quantitative estimate of drug-likeness (QED) is 0.103. The van der Waals surface area contributed by atoms with Gasteiger partial charge in [-0.2, -0.15) is 0 Å². The SMILES string of the molecule is O=C1[C@@H]2[C@@H](CC(CO)=C3[C@@H](CC/C(=C/c4cc(Br)ccc4O)c4ccccc4)OC[C@@H]32)C(=O)N1c1cccc([N+](=O)[O-])c1. The number of halogens is 1. The Labute approximate surface area is 256 Å². The third-order valence-corrected chi connectivity index (χ3v) is 9.13. The maximum absolute atomic E-state index is 13.7. The number of imide groups is 1. The molecule has 2 amide bonds. The Morgan fingerprint density at radius 1 is 1.05 bits per heavy atom. The highest BCUT2D eigenvalue weighted by Gasteiger charge is 2.57. The van der Waals surface area contributed by atoms with Crippen LogP contribution in [0.1, 0.15) is 30.4 Å². The van der Waals surface area contributed by atoms with Gasteiger partial charge in [0.05, 0.1) is 41.8 Å². The molecule has 0 radical (unpaired) electrons. The van der Waals surface area contributed by atoms with Crippen molar-refractivity contribution in [1.82, 2.24) is 0 Å². The molecule has 10 heteroatoms. The second-order valence-electron chi connectivity index (χ2n) is 11.0. The topological polar surface area (TPSA) is 130 Å². The van der Waals surface area contributed by atoms with Gasteiger partial charge in [0.2, 0.25) is 11.8 Å². The van der Waals surface area contributed by atoms with Crippen LogP contribution in [0.25, 0.3) is 11.6 Å². The summed E-state index contributed by atoms with van der Waals surface area (Å²) < 4.78 is 7.11. The molecule has 2 N–H and O–H groups in total. The number of aliphatic hydroxyl groups is 1. The molecule has 2 fully saturated rings. The van der Waals surface area contributed by atoms with E-state index in [0.717, 1.165) is 26.1 Å². The third-order valence-electron chi connectivity index (χ3n) is 8.64. The number of rotatable bonds is 8. The summed E-state index contributed by atoms with van der Waals surface area (Å²) in [4.78, 5) is 39.1. The van der Waals surface area contributed by atoms with E-state index in [0.29, 0.717) is 24.0 Å². The Balaban J connectivity index is 1.28. The van der Waals surface area contributed by atoms with Gasteiger partial charge in [-0.05, 0) is 71.9 Å². The number of aromatic hydroxyl groups is 1. The van der Waals surface area contributed by atoms with Crippen LogP contribution in [-0.4, -0.2) is 46.3 Å². The number of fused-ring (bicyclic) bond motifs is 3. The molecule has 220 valence electrons. The highest BCUT2D eigenvalue weighted by Crippen LogP contribution is 2.50. The molecule has 3 aromatic rings. The van der Waals surface area contributed by atoms with Crippen LogP contribution in [0.15, 0.2) is 88.4 Å². The van der Waals surface area contributed by atoms with Crippen molar-refractivity contribution >= 4 is 50.8 Å². The molecule has 2 aliphatic heterocycles. The van der Waals surface area contributed by atoms with E-state index in [1.54, 1.807) is 12.1 Å². The van der Waals surface area contributed by atoms with Crippen LogP contribution in [0.3, 0.4) is 0 Å². The maximum Gasteiger partial charge on any atom is 0.271 e. The van der Waals surface area contributed by atoms with E-state index in [1.165, 1.54) is 24.3 Å². The smallest absolute Gasteiger partial charge is 0.271 e. The molecule has 0 spiro atoms. The number of hydrogen-bond acceptors (Lipinski definition) is 7.